The number of nitrogens with zero attached hydrogens (tertiary/aromatic N) is 4. The van der Waals surface area contributed by atoms with Crippen LogP contribution >= 0.6 is 23.4 Å². The predicted molar refractivity (Wildman–Crippen MR) is 113 cm³/mol. The van der Waals surface area contributed by atoms with Crippen molar-refractivity contribution >= 4 is 29.3 Å². The van der Waals surface area contributed by atoms with Crippen molar-refractivity contribution < 1.29 is 4.79 Å². The van der Waals surface area contributed by atoms with Crippen LogP contribution in [0.5, 0.6) is 0 Å². The molecule has 0 radical (unpaired) electrons. The molecule has 8 heteroatoms. The van der Waals surface area contributed by atoms with Gasteiger partial charge >= 0.3 is 0 Å². The summed E-state index contributed by atoms with van der Waals surface area (Å²) in [6.07, 6.45) is 8.14. The first-order valence-electron chi connectivity index (χ1n) is 10.5. The molecular weight excluding hydrogens is 406 g/mol. The van der Waals surface area contributed by atoms with Gasteiger partial charge in [-0.05, 0) is 103 Å². The maximum atomic E-state index is 12.7. The molecule has 0 spiro atoms. The smallest absolute Gasteiger partial charge is 0.230 e. The van der Waals surface area contributed by atoms with Crippen LogP contribution in [0, 0.1) is 23.2 Å². The third-order valence-corrected chi connectivity index (χ3v) is 8.40. The zero-order valence-electron chi connectivity index (χ0n) is 16.6. The van der Waals surface area contributed by atoms with Gasteiger partial charge in [0.25, 0.3) is 0 Å². The van der Waals surface area contributed by atoms with Gasteiger partial charge in [-0.3, -0.25) is 4.79 Å². The summed E-state index contributed by atoms with van der Waals surface area (Å²) in [4.78, 5) is 12.7. The average molecular weight is 432 g/mol. The standard InChI is InChI=1S/C21H26ClN5OS/c1-13(21-9-14-6-15(10-21)8-16(7-14)11-21)23-19(28)12-29-20-24-25-26-27(20)18-4-2-17(22)3-5-18/h2-5,13-16H,6-12H2,1H3,(H,23,28). The Hall–Kier alpha value is -1.60. The van der Waals surface area contributed by atoms with Gasteiger partial charge < -0.3 is 5.32 Å². The highest BCUT2D eigenvalue weighted by Gasteiger charge is 2.53. The predicted octanol–water partition coefficient (Wildman–Crippen LogP) is 4.13. The van der Waals surface area contributed by atoms with E-state index in [1.165, 1.54) is 50.3 Å². The second kappa shape index (κ2) is 7.58. The molecule has 0 saturated heterocycles. The molecule has 1 amide bonds. The van der Waals surface area contributed by atoms with Crippen molar-refractivity contribution in [2.75, 3.05) is 5.75 Å². The van der Waals surface area contributed by atoms with Crippen LogP contribution in [0.25, 0.3) is 5.69 Å². The lowest BCUT2D eigenvalue weighted by molar-refractivity contribution is -0.123. The summed E-state index contributed by atoms with van der Waals surface area (Å²) in [5, 5.41) is 16.5. The first kappa shape index (κ1) is 19.4. The number of halogens is 1. The van der Waals surface area contributed by atoms with E-state index in [1.54, 1.807) is 16.8 Å². The van der Waals surface area contributed by atoms with Crippen molar-refractivity contribution in [1.29, 1.82) is 0 Å². The number of tetrazole rings is 1. The number of carbonyl (C=O) groups is 1. The molecule has 4 bridgehead atoms. The van der Waals surface area contributed by atoms with Gasteiger partial charge in [-0.25, -0.2) is 0 Å². The first-order chi connectivity index (χ1) is 14.0. The highest BCUT2D eigenvalue weighted by molar-refractivity contribution is 7.99. The number of carbonyl (C=O) groups excluding carboxylic acids is 1. The third kappa shape index (κ3) is 3.79. The molecule has 4 fully saturated rings. The molecule has 1 aromatic heterocycles. The molecular formula is C21H26ClN5OS. The molecule has 154 valence electrons. The highest BCUT2D eigenvalue weighted by Crippen LogP contribution is 2.61. The molecule has 2 aromatic rings. The van der Waals surface area contributed by atoms with Crippen LogP contribution in [0.4, 0.5) is 0 Å². The van der Waals surface area contributed by atoms with Crippen molar-refractivity contribution in [3.63, 3.8) is 0 Å². The SMILES string of the molecule is CC(NC(=O)CSc1nnnn1-c1ccc(Cl)cc1)C12CC3CC(CC(C3)C1)C2. The van der Waals surface area contributed by atoms with Gasteiger partial charge in [-0.1, -0.05) is 23.4 Å². The summed E-state index contributed by atoms with van der Waals surface area (Å²) in [5.74, 6) is 3.03. The van der Waals surface area contributed by atoms with Gasteiger partial charge in [0.05, 0.1) is 11.4 Å². The van der Waals surface area contributed by atoms with Crippen LogP contribution < -0.4 is 5.32 Å². The Labute approximate surface area is 180 Å². The summed E-state index contributed by atoms with van der Waals surface area (Å²) in [6.45, 7) is 2.22. The van der Waals surface area contributed by atoms with E-state index in [4.69, 9.17) is 11.6 Å². The fourth-order valence-electron chi connectivity index (χ4n) is 6.29. The van der Waals surface area contributed by atoms with Crippen molar-refractivity contribution in [2.45, 2.75) is 56.6 Å². The van der Waals surface area contributed by atoms with Crippen LogP contribution in [-0.2, 0) is 4.79 Å². The number of rotatable bonds is 6. The van der Waals surface area contributed by atoms with E-state index in [-0.39, 0.29) is 11.9 Å². The lowest BCUT2D eigenvalue weighted by Crippen LogP contribution is -2.56. The van der Waals surface area contributed by atoms with E-state index >= 15 is 0 Å². The summed E-state index contributed by atoms with van der Waals surface area (Å²) >= 11 is 7.32. The van der Waals surface area contributed by atoms with Gasteiger partial charge in [-0.2, -0.15) is 4.68 Å². The summed E-state index contributed by atoms with van der Waals surface area (Å²) < 4.78 is 1.64. The van der Waals surface area contributed by atoms with Crippen LogP contribution in [0.15, 0.2) is 29.4 Å². The monoisotopic (exact) mass is 431 g/mol. The minimum atomic E-state index is 0.0592. The van der Waals surface area contributed by atoms with Gasteiger partial charge in [0.2, 0.25) is 11.1 Å². The van der Waals surface area contributed by atoms with E-state index in [0.717, 1.165) is 23.4 Å². The van der Waals surface area contributed by atoms with Gasteiger partial charge in [0.1, 0.15) is 0 Å². The Morgan fingerprint density at radius 1 is 1.21 bits per heavy atom. The Morgan fingerprint density at radius 2 is 1.83 bits per heavy atom. The zero-order chi connectivity index (χ0) is 20.0. The van der Waals surface area contributed by atoms with Crippen molar-refractivity contribution in [1.82, 2.24) is 25.5 Å². The topological polar surface area (TPSA) is 72.7 Å². The Morgan fingerprint density at radius 3 is 2.45 bits per heavy atom. The second-order valence-corrected chi connectivity index (χ2v) is 10.6. The molecule has 6 rings (SSSR count). The maximum absolute atomic E-state index is 12.7. The molecule has 1 N–H and O–H groups in total. The minimum Gasteiger partial charge on any atom is -0.352 e. The van der Waals surface area contributed by atoms with Gasteiger partial charge in [0.15, 0.2) is 0 Å². The van der Waals surface area contributed by atoms with Crippen molar-refractivity contribution in [2.24, 2.45) is 23.2 Å². The summed E-state index contributed by atoms with van der Waals surface area (Å²) in [6, 6.07) is 7.55. The quantitative estimate of drug-likeness (QED) is 0.696. The van der Waals surface area contributed by atoms with Crippen LogP contribution in [-0.4, -0.2) is 37.9 Å². The average Bonchev–Trinajstić information content (AvgIpc) is 3.14. The van der Waals surface area contributed by atoms with Gasteiger partial charge in [-0.15, -0.1) is 5.10 Å². The minimum absolute atomic E-state index is 0.0592. The summed E-state index contributed by atoms with van der Waals surface area (Å²) in [7, 11) is 0. The molecule has 4 aliphatic rings. The lowest BCUT2D eigenvalue weighted by atomic mass is 9.48. The fraction of sp³-hybridized carbons (Fsp3) is 0.619. The zero-order valence-corrected chi connectivity index (χ0v) is 18.1. The van der Waals surface area contributed by atoms with E-state index in [2.05, 4.69) is 27.8 Å². The van der Waals surface area contributed by atoms with Crippen LogP contribution in [0.3, 0.4) is 0 Å². The molecule has 0 aliphatic heterocycles. The Balaban J connectivity index is 1.20. The molecule has 1 aromatic carbocycles. The number of hydrogen-bond donors (Lipinski definition) is 1. The number of aromatic nitrogens is 4. The normalized spacial score (nSPS) is 31.0. The second-order valence-electron chi connectivity index (χ2n) is 9.21. The highest BCUT2D eigenvalue weighted by atomic mass is 35.5. The third-order valence-electron chi connectivity index (χ3n) is 7.23. The Bertz CT molecular complexity index is 863. The number of hydrogen-bond acceptors (Lipinski definition) is 5. The van der Waals surface area contributed by atoms with Gasteiger partial charge in [0, 0.05) is 11.1 Å². The molecule has 6 nitrogen and oxygen atoms in total. The number of amides is 1. The molecule has 4 aliphatic carbocycles. The van der Waals surface area contributed by atoms with Crippen LogP contribution in [0.2, 0.25) is 5.02 Å². The number of nitrogens with one attached hydrogen (secondary N) is 1. The van der Waals surface area contributed by atoms with E-state index in [1.807, 2.05) is 12.1 Å². The molecule has 1 heterocycles. The summed E-state index contributed by atoms with van der Waals surface area (Å²) in [5.41, 5.74) is 1.14. The van der Waals surface area contributed by atoms with E-state index in [9.17, 15) is 4.79 Å². The molecule has 1 atom stereocenters. The van der Waals surface area contributed by atoms with E-state index < -0.39 is 0 Å². The largest absolute Gasteiger partial charge is 0.352 e. The lowest BCUT2D eigenvalue weighted by Gasteiger charge is -2.59. The van der Waals surface area contributed by atoms with Crippen molar-refractivity contribution in [3.05, 3.63) is 29.3 Å². The van der Waals surface area contributed by atoms with Crippen LogP contribution in [0.1, 0.15) is 45.4 Å². The molecule has 29 heavy (non-hydrogen) atoms. The molecule has 4 saturated carbocycles. The molecule has 1 unspecified atom stereocenters. The van der Waals surface area contributed by atoms with E-state index in [0.29, 0.717) is 21.3 Å². The maximum Gasteiger partial charge on any atom is 0.230 e. The Kier molecular flexibility index (Phi) is 5.06. The van der Waals surface area contributed by atoms with Crippen molar-refractivity contribution in [3.8, 4) is 5.69 Å². The number of thioether (sulfide) groups is 1. The first-order valence-corrected chi connectivity index (χ1v) is 11.8. The number of benzene rings is 1. The fourth-order valence-corrected chi connectivity index (χ4v) is 7.12.